The minimum absolute atomic E-state index is 0.132. The van der Waals surface area contributed by atoms with E-state index in [1.54, 1.807) is 11.1 Å². The third-order valence-electron chi connectivity index (χ3n) is 5.43. The smallest absolute Gasteiger partial charge is 0.242 e. The number of terminal acetylenes is 1. The molecule has 0 aromatic heterocycles. The Kier molecular flexibility index (Phi) is 17.4. The molecule has 2 rings (SSSR count). The molecular weight excluding hydrogens is 428 g/mol. The molecule has 0 saturated carbocycles. The van der Waals surface area contributed by atoms with Gasteiger partial charge in [-0.1, -0.05) is 29.7 Å². The van der Waals surface area contributed by atoms with Crippen LogP contribution in [0.4, 0.5) is 0 Å². The van der Waals surface area contributed by atoms with E-state index >= 15 is 0 Å². The number of hydrogen-bond acceptors (Lipinski definition) is 4. The molecule has 0 aromatic rings. The number of guanidine groups is 1. The van der Waals surface area contributed by atoms with Crippen LogP contribution in [0.2, 0.25) is 0 Å². The lowest BCUT2D eigenvalue weighted by atomic mass is 10.1. The zero-order chi connectivity index (χ0) is 25.8. The Labute approximate surface area is 206 Å². The SMILES string of the molecule is C#C.CC(C)=CCC/C(C)=C\CN=C(N)NC#N.O=C(CN1CCCCCC1=O)N1CCCC1. The van der Waals surface area contributed by atoms with Crippen LogP contribution in [0.3, 0.4) is 0 Å². The monoisotopic (exact) mass is 470 g/mol. The lowest BCUT2D eigenvalue weighted by Crippen LogP contribution is -2.41. The normalized spacial score (nSPS) is 16.2. The summed E-state index contributed by atoms with van der Waals surface area (Å²) in [6, 6.07) is 0. The standard InChI is InChI=1S/C12H20N4.C12H20N2O2.C2H2/c1-10(2)5-4-6-11(3)7-8-15-12(14)16-9-13;15-11-6-2-1-3-9-14(11)10-12(16)13-7-4-5-8-13;1-2/h5,7H,4,6,8H2,1-3H3,(H3,14,15,16);1-10H2;1-2H/b11-7-;;. The molecule has 0 spiro atoms. The van der Waals surface area contributed by atoms with Gasteiger partial charge < -0.3 is 15.5 Å². The number of nitriles is 1. The van der Waals surface area contributed by atoms with Crippen molar-refractivity contribution >= 4 is 17.8 Å². The Hall–Kier alpha value is -3.26. The molecule has 2 aliphatic rings. The molecule has 2 heterocycles. The highest BCUT2D eigenvalue weighted by molar-refractivity contribution is 5.85. The number of nitrogens with one attached hydrogen (secondary N) is 1. The van der Waals surface area contributed by atoms with E-state index in [0.29, 0.717) is 19.5 Å². The number of hydrogen-bond donors (Lipinski definition) is 2. The maximum Gasteiger partial charge on any atom is 0.242 e. The average molecular weight is 471 g/mol. The number of amides is 2. The van der Waals surface area contributed by atoms with Gasteiger partial charge in [0.25, 0.3) is 0 Å². The molecule has 0 unspecified atom stereocenters. The number of rotatable bonds is 7. The summed E-state index contributed by atoms with van der Waals surface area (Å²) in [4.78, 5) is 31.2. The van der Waals surface area contributed by atoms with Crippen molar-refractivity contribution in [2.45, 2.75) is 72.1 Å². The molecule has 34 heavy (non-hydrogen) atoms. The maximum atomic E-state index is 11.9. The number of aliphatic imine (C=N–C) groups is 1. The fourth-order valence-electron chi connectivity index (χ4n) is 3.52. The van der Waals surface area contributed by atoms with Gasteiger partial charge >= 0.3 is 0 Å². The number of allylic oxidation sites excluding steroid dienone is 3. The summed E-state index contributed by atoms with van der Waals surface area (Å²) >= 11 is 0. The van der Waals surface area contributed by atoms with E-state index in [1.165, 1.54) is 11.1 Å². The summed E-state index contributed by atoms with van der Waals surface area (Å²) in [6.45, 7) is 9.59. The van der Waals surface area contributed by atoms with Gasteiger partial charge in [-0.3, -0.25) is 14.9 Å². The van der Waals surface area contributed by atoms with E-state index in [4.69, 9.17) is 11.0 Å². The average Bonchev–Trinajstić information content (AvgIpc) is 3.27. The van der Waals surface area contributed by atoms with Crippen LogP contribution in [0.15, 0.2) is 28.3 Å². The highest BCUT2D eigenvalue weighted by Crippen LogP contribution is 2.13. The number of carbonyl (C=O) groups is 2. The van der Waals surface area contributed by atoms with Crippen molar-refractivity contribution < 1.29 is 9.59 Å². The van der Waals surface area contributed by atoms with Crippen molar-refractivity contribution in [2.24, 2.45) is 10.7 Å². The third-order valence-corrected chi connectivity index (χ3v) is 5.43. The fraction of sp³-hybridized carbons (Fsp3) is 0.615. The first kappa shape index (κ1) is 30.7. The molecule has 0 bridgehead atoms. The molecule has 8 heteroatoms. The molecule has 0 aromatic carbocycles. The lowest BCUT2D eigenvalue weighted by molar-refractivity contribution is -0.139. The summed E-state index contributed by atoms with van der Waals surface area (Å²) in [7, 11) is 0. The molecule has 0 aliphatic carbocycles. The zero-order valence-corrected chi connectivity index (χ0v) is 21.2. The van der Waals surface area contributed by atoms with Gasteiger partial charge in [-0.2, -0.15) is 5.26 Å². The van der Waals surface area contributed by atoms with Gasteiger partial charge in [-0.15, -0.1) is 12.8 Å². The van der Waals surface area contributed by atoms with Crippen molar-refractivity contribution in [1.29, 1.82) is 5.26 Å². The Morgan fingerprint density at radius 2 is 1.76 bits per heavy atom. The predicted molar refractivity (Wildman–Crippen MR) is 138 cm³/mol. The van der Waals surface area contributed by atoms with Crippen molar-refractivity contribution in [3.8, 4) is 19.0 Å². The second-order valence-electron chi connectivity index (χ2n) is 8.55. The molecule has 2 fully saturated rings. The Morgan fingerprint density at radius 3 is 2.38 bits per heavy atom. The summed E-state index contributed by atoms with van der Waals surface area (Å²) < 4.78 is 0. The lowest BCUT2D eigenvalue weighted by Gasteiger charge is -2.23. The van der Waals surface area contributed by atoms with E-state index in [0.717, 1.165) is 64.6 Å². The quantitative estimate of drug-likeness (QED) is 0.148. The van der Waals surface area contributed by atoms with Crippen LogP contribution >= 0.6 is 0 Å². The van der Waals surface area contributed by atoms with Gasteiger partial charge in [0.1, 0.15) is 0 Å². The molecule has 188 valence electrons. The minimum Gasteiger partial charge on any atom is -0.369 e. The van der Waals surface area contributed by atoms with Crippen molar-refractivity contribution in [3.63, 3.8) is 0 Å². The molecular formula is C26H42N6O2. The minimum atomic E-state index is 0.132. The molecule has 0 atom stereocenters. The van der Waals surface area contributed by atoms with Gasteiger partial charge in [0.05, 0.1) is 13.1 Å². The van der Waals surface area contributed by atoms with E-state index in [-0.39, 0.29) is 17.8 Å². The van der Waals surface area contributed by atoms with Crippen LogP contribution in [0.1, 0.15) is 72.1 Å². The first-order chi connectivity index (χ1) is 16.3. The molecule has 2 aliphatic heterocycles. The Balaban J connectivity index is 0.000000597. The Bertz CT molecular complexity index is 766. The van der Waals surface area contributed by atoms with Gasteiger partial charge in [0.15, 0.2) is 6.19 Å². The summed E-state index contributed by atoms with van der Waals surface area (Å²) in [5.41, 5.74) is 8.01. The maximum absolute atomic E-state index is 11.9. The second-order valence-corrected chi connectivity index (χ2v) is 8.55. The number of carbonyl (C=O) groups excluding carboxylic acids is 2. The number of nitrogens with two attached hydrogens (primary N) is 1. The highest BCUT2D eigenvalue weighted by atomic mass is 16.2. The van der Waals surface area contributed by atoms with E-state index in [9.17, 15) is 9.59 Å². The van der Waals surface area contributed by atoms with Crippen molar-refractivity contribution in [2.75, 3.05) is 32.7 Å². The first-order valence-electron chi connectivity index (χ1n) is 12.0. The third kappa shape index (κ3) is 14.7. The molecule has 3 N–H and O–H groups in total. The summed E-state index contributed by atoms with van der Waals surface area (Å²) in [5.74, 6) is 0.452. The molecule has 2 saturated heterocycles. The van der Waals surface area contributed by atoms with E-state index < -0.39 is 0 Å². The number of likely N-dealkylation sites (tertiary alicyclic amines) is 2. The van der Waals surface area contributed by atoms with Crippen LogP contribution in [-0.4, -0.2) is 60.3 Å². The van der Waals surface area contributed by atoms with Crippen LogP contribution < -0.4 is 11.1 Å². The molecule has 0 radical (unpaired) electrons. The van der Waals surface area contributed by atoms with E-state index in [1.807, 2.05) is 11.0 Å². The van der Waals surface area contributed by atoms with Crippen LogP contribution in [0, 0.1) is 24.3 Å². The summed E-state index contributed by atoms with van der Waals surface area (Å²) in [6.07, 6.45) is 22.0. The topological polar surface area (TPSA) is 115 Å². The molecule has 8 nitrogen and oxygen atoms in total. The van der Waals surface area contributed by atoms with Crippen molar-refractivity contribution in [3.05, 3.63) is 23.3 Å². The second kappa shape index (κ2) is 19.2. The molecule has 2 amide bonds. The number of nitrogens with zero attached hydrogens (tertiary/aromatic N) is 4. The van der Waals surface area contributed by atoms with Gasteiger partial charge in [-0.05, 0) is 59.3 Å². The highest BCUT2D eigenvalue weighted by Gasteiger charge is 2.23. The Morgan fingerprint density at radius 1 is 1.12 bits per heavy atom. The van der Waals surface area contributed by atoms with Crippen LogP contribution in [-0.2, 0) is 9.59 Å². The van der Waals surface area contributed by atoms with Gasteiger partial charge in [0.2, 0.25) is 17.8 Å². The largest absolute Gasteiger partial charge is 0.369 e. The fourth-order valence-corrected chi connectivity index (χ4v) is 3.52. The van der Waals surface area contributed by atoms with Gasteiger partial charge in [-0.25, -0.2) is 4.99 Å². The van der Waals surface area contributed by atoms with E-state index in [2.05, 4.69) is 50.0 Å². The zero-order valence-electron chi connectivity index (χ0n) is 21.2. The predicted octanol–water partition coefficient (Wildman–Crippen LogP) is 3.33. The van der Waals surface area contributed by atoms with Crippen LogP contribution in [0.25, 0.3) is 0 Å². The van der Waals surface area contributed by atoms with Crippen LogP contribution in [0.5, 0.6) is 0 Å². The first-order valence-corrected chi connectivity index (χ1v) is 12.0. The summed E-state index contributed by atoms with van der Waals surface area (Å²) in [5, 5.41) is 10.5. The van der Waals surface area contributed by atoms with Gasteiger partial charge in [0, 0.05) is 26.1 Å². The van der Waals surface area contributed by atoms with Crippen molar-refractivity contribution in [1.82, 2.24) is 15.1 Å².